The molecule has 0 unspecified atom stereocenters. The lowest BCUT2D eigenvalue weighted by atomic mass is 9.77. The minimum Gasteiger partial charge on any atom is -0.489 e. The third kappa shape index (κ3) is 5.32. The zero-order chi connectivity index (χ0) is 29.4. The third-order valence-corrected chi connectivity index (χ3v) is 9.51. The van der Waals surface area contributed by atoms with Crippen molar-refractivity contribution in [3.63, 3.8) is 0 Å². The molecule has 3 aromatic rings. The summed E-state index contributed by atoms with van der Waals surface area (Å²) in [6, 6.07) is 9.21. The van der Waals surface area contributed by atoms with E-state index in [1.807, 2.05) is 47.2 Å². The van der Waals surface area contributed by atoms with E-state index >= 15 is 0 Å². The first kappa shape index (κ1) is 28.5. The van der Waals surface area contributed by atoms with E-state index in [-0.39, 0.29) is 29.6 Å². The SMILES string of the molecule is CNC(=O)[C@H]1CCCC[C@H]1C(=O)N1CCc2c(Cl)ccc(OCc3ccc4c(c3)nnn4C)c2[C@H]1CN1CCCC1=O. The van der Waals surface area contributed by atoms with Gasteiger partial charge in [0.2, 0.25) is 17.7 Å². The first-order valence-electron chi connectivity index (χ1n) is 14.9. The Labute approximate surface area is 250 Å². The number of halogens is 1. The molecule has 1 N–H and O–H groups in total. The predicted octanol–water partition coefficient (Wildman–Crippen LogP) is 3.80. The second-order valence-electron chi connectivity index (χ2n) is 11.6. The van der Waals surface area contributed by atoms with E-state index < -0.39 is 6.04 Å². The zero-order valence-electron chi connectivity index (χ0n) is 24.1. The van der Waals surface area contributed by atoms with Gasteiger partial charge >= 0.3 is 0 Å². The molecule has 3 amide bonds. The van der Waals surface area contributed by atoms with Crippen LogP contribution in [0.2, 0.25) is 5.02 Å². The van der Waals surface area contributed by atoms with Gasteiger partial charge in [-0.2, -0.15) is 0 Å². The molecule has 1 aliphatic carbocycles. The van der Waals surface area contributed by atoms with Crippen molar-refractivity contribution in [3.8, 4) is 5.75 Å². The van der Waals surface area contributed by atoms with Crippen LogP contribution in [-0.2, 0) is 34.5 Å². The van der Waals surface area contributed by atoms with E-state index in [9.17, 15) is 14.4 Å². The fourth-order valence-electron chi connectivity index (χ4n) is 6.94. The number of nitrogens with zero attached hydrogens (tertiary/aromatic N) is 5. The maximum atomic E-state index is 14.3. The summed E-state index contributed by atoms with van der Waals surface area (Å²) >= 11 is 6.76. The van der Waals surface area contributed by atoms with Crippen LogP contribution in [0.15, 0.2) is 30.3 Å². The average Bonchev–Trinajstić information content (AvgIpc) is 3.60. The van der Waals surface area contributed by atoms with Crippen molar-refractivity contribution in [1.82, 2.24) is 30.1 Å². The van der Waals surface area contributed by atoms with Crippen molar-refractivity contribution in [3.05, 3.63) is 52.0 Å². The Morgan fingerprint density at radius 3 is 2.64 bits per heavy atom. The van der Waals surface area contributed by atoms with Crippen LogP contribution in [0.25, 0.3) is 11.0 Å². The highest BCUT2D eigenvalue weighted by Crippen LogP contribution is 2.43. The number of aromatic nitrogens is 3. The van der Waals surface area contributed by atoms with E-state index in [2.05, 4.69) is 15.6 Å². The van der Waals surface area contributed by atoms with Gasteiger partial charge in [0.05, 0.1) is 11.6 Å². The van der Waals surface area contributed by atoms with Gasteiger partial charge in [-0.1, -0.05) is 35.7 Å². The molecule has 10 nitrogen and oxygen atoms in total. The van der Waals surface area contributed by atoms with Gasteiger partial charge in [-0.05, 0) is 61.1 Å². The third-order valence-electron chi connectivity index (χ3n) is 9.16. The van der Waals surface area contributed by atoms with Crippen LogP contribution < -0.4 is 10.1 Å². The fraction of sp³-hybridized carbons (Fsp3) is 0.516. The molecule has 11 heteroatoms. The minimum atomic E-state index is -0.424. The van der Waals surface area contributed by atoms with Crippen molar-refractivity contribution >= 4 is 40.4 Å². The predicted molar refractivity (Wildman–Crippen MR) is 158 cm³/mol. The summed E-state index contributed by atoms with van der Waals surface area (Å²) < 4.78 is 8.18. The van der Waals surface area contributed by atoms with E-state index in [0.717, 1.165) is 47.0 Å². The van der Waals surface area contributed by atoms with Gasteiger partial charge in [0.15, 0.2) is 0 Å². The van der Waals surface area contributed by atoms with E-state index in [4.69, 9.17) is 16.3 Å². The molecule has 0 bridgehead atoms. The van der Waals surface area contributed by atoms with Crippen LogP contribution in [0, 0.1) is 11.8 Å². The maximum absolute atomic E-state index is 14.3. The highest BCUT2D eigenvalue weighted by molar-refractivity contribution is 6.31. The number of aryl methyl sites for hydroxylation is 1. The standard InChI is InChI=1S/C31H37ClN6O4/c1-33-30(40)20-6-3-4-7-21(20)31(41)38-15-13-22-23(32)10-12-27(29(22)26(38)17-37-14-5-8-28(37)39)42-18-19-9-11-25-24(16-19)34-35-36(25)2/h9-12,16,20-21,26H,3-8,13-15,17-18H2,1-2H3,(H,33,40)/t20-,21+,26+/m0/s1. The van der Waals surface area contributed by atoms with Gasteiger partial charge in [-0.3, -0.25) is 14.4 Å². The lowest BCUT2D eigenvalue weighted by Gasteiger charge is -2.43. The summed E-state index contributed by atoms with van der Waals surface area (Å²) in [4.78, 5) is 43.6. The average molecular weight is 593 g/mol. The molecule has 2 aromatic carbocycles. The quantitative estimate of drug-likeness (QED) is 0.447. The Hall–Kier alpha value is -3.66. The Bertz CT molecular complexity index is 1520. The highest BCUT2D eigenvalue weighted by atomic mass is 35.5. The van der Waals surface area contributed by atoms with Gasteiger partial charge in [0, 0.05) is 62.6 Å². The maximum Gasteiger partial charge on any atom is 0.227 e. The van der Waals surface area contributed by atoms with Gasteiger partial charge in [0.25, 0.3) is 0 Å². The normalized spacial score (nSPS) is 22.4. The van der Waals surface area contributed by atoms with Crippen LogP contribution in [0.3, 0.4) is 0 Å². The summed E-state index contributed by atoms with van der Waals surface area (Å²) in [5.41, 5.74) is 4.47. The van der Waals surface area contributed by atoms with Crippen LogP contribution >= 0.6 is 11.6 Å². The highest BCUT2D eigenvalue weighted by Gasteiger charge is 2.43. The molecule has 42 heavy (non-hydrogen) atoms. The smallest absolute Gasteiger partial charge is 0.227 e. The summed E-state index contributed by atoms with van der Waals surface area (Å²) in [5, 5.41) is 11.7. The number of rotatable bonds is 7. The first-order valence-corrected chi connectivity index (χ1v) is 15.3. The minimum absolute atomic E-state index is 0.0235. The van der Waals surface area contributed by atoms with Crippen LogP contribution in [-0.4, -0.2) is 69.2 Å². The molecule has 2 aliphatic heterocycles. The zero-order valence-corrected chi connectivity index (χ0v) is 24.9. The van der Waals surface area contributed by atoms with Crippen LogP contribution in [0.1, 0.15) is 61.3 Å². The molecule has 222 valence electrons. The largest absolute Gasteiger partial charge is 0.489 e. The summed E-state index contributed by atoms with van der Waals surface area (Å²) in [7, 11) is 3.49. The number of likely N-dealkylation sites (tertiary alicyclic amines) is 1. The van der Waals surface area contributed by atoms with E-state index in [0.29, 0.717) is 62.7 Å². The van der Waals surface area contributed by atoms with Gasteiger partial charge < -0.3 is 19.9 Å². The number of hydrogen-bond acceptors (Lipinski definition) is 6. The molecule has 3 atom stereocenters. The first-order chi connectivity index (χ1) is 20.4. The van der Waals surface area contributed by atoms with Crippen molar-refractivity contribution in [2.45, 2.75) is 57.6 Å². The molecule has 0 radical (unpaired) electrons. The van der Waals surface area contributed by atoms with Gasteiger partial charge in [-0.15, -0.1) is 5.10 Å². The number of amides is 3. The molecule has 2 fully saturated rings. The Kier molecular flexibility index (Phi) is 8.07. The van der Waals surface area contributed by atoms with Gasteiger partial charge in [-0.25, -0.2) is 4.68 Å². The van der Waals surface area contributed by atoms with Crippen molar-refractivity contribution in [1.29, 1.82) is 0 Å². The topological polar surface area (TPSA) is 110 Å². The number of benzene rings is 2. The summed E-state index contributed by atoms with van der Waals surface area (Å²) in [6.07, 6.45) is 5.12. The van der Waals surface area contributed by atoms with E-state index in [1.54, 1.807) is 11.7 Å². The van der Waals surface area contributed by atoms with Crippen LogP contribution in [0.4, 0.5) is 0 Å². The number of ether oxygens (including phenoxy) is 1. The van der Waals surface area contributed by atoms with Gasteiger partial charge in [0.1, 0.15) is 17.9 Å². The summed E-state index contributed by atoms with van der Waals surface area (Å²) in [6.45, 7) is 1.80. The molecule has 1 saturated carbocycles. The summed E-state index contributed by atoms with van der Waals surface area (Å²) in [5.74, 6) is -0.0999. The number of carbonyl (C=O) groups is 3. The molecule has 3 heterocycles. The van der Waals surface area contributed by atoms with Crippen molar-refractivity contribution in [2.24, 2.45) is 18.9 Å². The number of fused-ring (bicyclic) bond motifs is 2. The number of carbonyl (C=O) groups excluding carboxylic acids is 3. The molecular weight excluding hydrogens is 556 g/mol. The molecule has 0 spiro atoms. The number of hydrogen-bond donors (Lipinski definition) is 1. The molecule has 1 aromatic heterocycles. The van der Waals surface area contributed by atoms with Crippen LogP contribution in [0.5, 0.6) is 5.75 Å². The lowest BCUT2D eigenvalue weighted by molar-refractivity contribution is -0.147. The van der Waals surface area contributed by atoms with Crippen molar-refractivity contribution < 1.29 is 19.1 Å². The Morgan fingerprint density at radius 1 is 1.07 bits per heavy atom. The molecular formula is C31H37ClN6O4. The van der Waals surface area contributed by atoms with Crippen molar-refractivity contribution in [2.75, 3.05) is 26.7 Å². The Morgan fingerprint density at radius 2 is 1.88 bits per heavy atom. The Balaban J connectivity index is 1.34. The lowest BCUT2D eigenvalue weighted by Crippen LogP contribution is -2.50. The second-order valence-corrected chi connectivity index (χ2v) is 12.0. The molecule has 6 rings (SSSR count). The molecule has 1 saturated heterocycles. The monoisotopic (exact) mass is 592 g/mol. The fourth-order valence-corrected chi connectivity index (χ4v) is 7.20. The van der Waals surface area contributed by atoms with E-state index in [1.165, 1.54) is 0 Å². The number of nitrogens with one attached hydrogen (secondary N) is 1. The molecule has 3 aliphatic rings. The second kappa shape index (κ2) is 11.9.